The molecule has 1 aliphatic rings. The highest BCUT2D eigenvalue weighted by Gasteiger charge is 2.36. The van der Waals surface area contributed by atoms with E-state index in [-0.39, 0.29) is 4.90 Å². The minimum Gasteiger partial charge on any atom is -0.480 e. The van der Waals surface area contributed by atoms with E-state index in [4.69, 9.17) is 16.7 Å². The molecule has 0 radical (unpaired) electrons. The molecule has 1 heterocycles. The van der Waals surface area contributed by atoms with Gasteiger partial charge in [-0.05, 0) is 44.0 Å². The van der Waals surface area contributed by atoms with Gasteiger partial charge < -0.3 is 10.0 Å². The molecule has 1 aliphatic heterocycles. The number of rotatable bonds is 5. The summed E-state index contributed by atoms with van der Waals surface area (Å²) >= 11 is 5.72. The Balaban J connectivity index is 2.11. The quantitative estimate of drug-likeness (QED) is 0.817. The summed E-state index contributed by atoms with van der Waals surface area (Å²) in [6.07, 6.45) is 0.955. The summed E-state index contributed by atoms with van der Waals surface area (Å²) in [6, 6.07) is 3.57. The number of halogens is 1. The van der Waals surface area contributed by atoms with Crippen molar-refractivity contribution in [3.8, 4) is 0 Å². The van der Waals surface area contributed by atoms with Crippen LogP contribution >= 0.6 is 11.6 Å². The number of amides is 1. The molecule has 1 saturated heterocycles. The number of carboxylic acids is 1. The molecule has 7 nitrogen and oxygen atoms in total. The zero-order valence-electron chi connectivity index (χ0n) is 12.4. The van der Waals surface area contributed by atoms with Crippen LogP contribution in [-0.4, -0.2) is 48.9 Å². The molecule has 0 aromatic heterocycles. The first-order chi connectivity index (χ1) is 10.7. The molecule has 0 saturated carbocycles. The monoisotopic (exact) mass is 360 g/mol. The smallest absolute Gasteiger partial charge is 0.326 e. The SMILES string of the molecule is CC(NS(=O)(=O)c1ccc(Cl)cc1)C(=O)N1CCC[C@@H]1C(=O)O. The Labute approximate surface area is 139 Å². The molecule has 1 aromatic carbocycles. The van der Waals surface area contributed by atoms with Gasteiger partial charge in [0.25, 0.3) is 0 Å². The van der Waals surface area contributed by atoms with Crippen LogP contribution in [0.5, 0.6) is 0 Å². The Hall–Kier alpha value is -1.64. The van der Waals surface area contributed by atoms with Crippen molar-refractivity contribution in [2.45, 2.75) is 36.7 Å². The van der Waals surface area contributed by atoms with E-state index in [1.54, 1.807) is 0 Å². The molecule has 1 unspecified atom stereocenters. The molecule has 1 amide bonds. The number of carbonyl (C=O) groups is 2. The van der Waals surface area contributed by atoms with Crippen molar-refractivity contribution in [1.82, 2.24) is 9.62 Å². The van der Waals surface area contributed by atoms with Crippen LogP contribution in [0.2, 0.25) is 5.02 Å². The fraction of sp³-hybridized carbons (Fsp3) is 0.429. The lowest BCUT2D eigenvalue weighted by atomic mass is 10.2. The van der Waals surface area contributed by atoms with Crippen molar-refractivity contribution in [1.29, 1.82) is 0 Å². The van der Waals surface area contributed by atoms with E-state index in [1.807, 2.05) is 0 Å². The maximum atomic E-state index is 12.3. The van der Waals surface area contributed by atoms with Gasteiger partial charge in [0.05, 0.1) is 10.9 Å². The second kappa shape index (κ2) is 6.86. The van der Waals surface area contributed by atoms with E-state index in [1.165, 1.54) is 36.1 Å². The van der Waals surface area contributed by atoms with E-state index in [2.05, 4.69) is 4.72 Å². The van der Waals surface area contributed by atoms with E-state index >= 15 is 0 Å². The van der Waals surface area contributed by atoms with Crippen LogP contribution in [-0.2, 0) is 19.6 Å². The van der Waals surface area contributed by atoms with Crippen molar-refractivity contribution in [3.05, 3.63) is 29.3 Å². The largest absolute Gasteiger partial charge is 0.480 e. The summed E-state index contributed by atoms with van der Waals surface area (Å²) in [7, 11) is -3.89. The van der Waals surface area contributed by atoms with Crippen LogP contribution in [0.15, 0.2) is 29.2 Å². The zero-order chi connectivity index (χ0) is 17.2. The first-order valence-corrected chi connectivity index (χ1v) is 8.89. The molecule has 2 N–H and O–H groups in total. The van der Waals surface area contributed by atoms with E-state index in [0.717, 1.165) is 0 Å². The first kappa shape index (κ1) is 17.7. The van der Waals surface area contributed by atoms with Crippen molar-refractivity contribution in [2.24, 2.45) is 0 Å². The van der Waals surface area contributed by atoms with Crippen molar-refractivity contribution >= 4 is 33.5 Å². The Kier molecular flexibility index (Phi) is 5.28. The molecule has 2 atom stereocenters. The number of nitrogens with zero attached hydrogens (tertiary/aromatic N) is 1. The fourth-order valence-electron chi connectivity index (χ4n) is 2.50. The Morgan fingerprint density at radius 2 is 1.96 bits per heavy atom. The Bertz CT molecular complexity index is 704. The summed E-state index contributed by atoms with van der Waals surface area (Å²) in [5.74, 6) is -1.63. The molecule has 1 aromatic rings. The average Bonchev–Trinajstić information content (AvgIpc) is 2.96. The molecule has 0 spiro atoms. The van der Waals surface area contributed by atoms with Gasteiger partial charge >= 0.3 is 5.97 Å². The highest BCUT2D eigenvalue weighted by atomic mass is 35.5. The third-order valence-electron chi connectivity index (χ3n) is 3.65. The summed E-state index contributed by atoms with van der Waals surface area (Å²) < 4.78 is 26.8. The maximum Gasteiger partial charge on any atom is 0.326 e. The topological polar surface area (TPSA) is 104 Å². The highest BCUT2D eigenvalue weighted by Crippen LogP contribution is 2.19. The van der Waals surface area contributed by atoms with E-state index < -0.39 is 34.0 Å². The second-order valence-corrected chi connectivity index (χ2v) is 7.48. The molecule has 23 heavy (non-hydrogen) atoms. The van der Waals surface area contributed by atoms with Crippen molar-refractivity contribution < 1.29 is 23.1 Å². The van der Waals surface area contributed by atoms with Gasteiger partial charge in [-0.2, -0.15) is 4.72 Å². The number of aliphatic carboxylic acids is 1. The van der Waals surface area contributed by atoms with Crippen LogP contribution in [0.25, 0.3) is 0 Å². The normalized spacial score (nSPS) is 19.6. The number of benzene rings is 1. The number of carbonyl (C=O) groups excluding carboxylic acids is 1. The zero-order valence-corrected chi connectivity index (χ0v) is 14.0. The lowest BCUT2D eigenvalue weighted by molar-refractivity contribution is -0.148. The van der Waals surface area contributed by atoms with Crippen molar-refractivity contribution in [2.75, 3.05) is 6.54 Å². The van der Waals surface area contributed by atoms with Gasteiger partial charge in [-0.1, -0.05) is 11.6 Å². The van der Waals surface area contributed by atoms with Crippen LogP contribution in [0, 0.1) is 0 Å². The van der Waals surface area contributed by atoms with Gasteiger partial charge in [-0.25, -0.2) is 13.2 Å². The first-order valence-electron chi connectivity index (χ1n) is 7.03. The third-order valence-corrected chi connectivity index (χ3v) is 5.46. The molecule has 0 aliphatic carbocycles. The summed E-state index contributed by atoms with van der Waals surface area (Å²) in [5.41, 5.74) is 0. The molecule has 0 bridgehead atoms. The number of sulfonamides is 1. The number of nitrogens with one attached hydrogen (secondary N) is 1. The lowest BCUT2D eigenvalue weighted by Crippen LogP contribution is -2.50. The van der Waals surface area contributed by atoms with Gasteiger partial charge in [-0.15, -0.1) is 0 Å². The summed E-state index contributed by atoms with van der Waals surface area (Å²) in [6.45, 7) is 1.70. The molecule has 2 rings (SSSR count). The standard InChI is InChI=1S/C14H17ClN2O5S/c1-9(13(18)17-8-2-3-12(17)14(19)20)16-23(21,22)11-6-4-10(15)5-7-11/h4-7,9,12,16H,2-3,8H2,1H3,(H,19,20)/t9?,12-/m1/s1. The molecular formula is C14H17ClN2O5S. The molecule has 9 heteroatoms. The summed E-state index contributed by atoms with van der Waals surface area (Å²) in [4.78, 5) is 24.7. The number of likely N-dealkylation sites (tertiary alicyclic amines) is 1. The molecule has 1 fully saturated rings. The van der Waals surface area contributed by atoms with Gasteiger partial charge in [0.2, 0.25) is 15.9 Å². The lowest BCUT2D eigenvalue weighted by Gasteiger charge is -2.25. The van der Waals surface area contributed by atoms with Gasteiger partial charge in [0.1, 0.15) is 6.04 Å². The Morgan fingerprint density at radius 1 is 1.35 bits per heavy atom. The van der Waals surface area contributed by atoms with Crippen LogP contribution in [0.1, 0.15) is 19.8 Å². The van der Waals surface area contributed by atoms with Crippen LogP contribution in [0.3, 0.4) is 0 Å². The number of hydrogen-bond acceptors (Lipinski definition) is 4. The molecule has 126 valence electrons. The molecular weight excluding hydrogens is 344 g/mol. The average molecular weight is 361 g/mol. The minimum atomic E-state index is -3.89. The maximum absolute atomic E-state index is 12.3. The van der Waals surface area contributed by atoms with Gasteiger partial charge in [0, 0.05) is 11.6 Å². The number of carboxylic acid groups (broad SMARTS) is 1. The van der Waals surface area contributed by atoms with Gasteiger partial charge in [-0.3, -0.25) is 4.79 Å². The summed E-state index contributed by atoms with van der Waals surface area (Å²) in [5, 5.41) is 9.50. The van der Waals surface area contributed by atoms with Crippen LogP contribution in [0.4, 0.5) is 0 Å². The third kappa shape index (κ3) is 4.01. The second-order valence-electron chi connectivity index (χ2n) is 5.32. The minimum absolute atomic E-state index is 0.0160. The van der Waals surface area contributed by atoms with E-state index in [9.17, 15) is 18.0 Å². The Morgan fingerprint density at radius 3 is 2.52 bits per heavy atom. The van der Waals surface area contributed by atoms with Gasteiger partial charge in [0.15, 0.2) is 0 Å². The fourth-order valence-corrected chi connectivity index (χ4v) is 3.82. The highest BCUT2D eigenvalue weighted by molar-refractivity contribution is 7.89. The number of hydrogen-bond donors (Lipinski definition) is 2. The van der Waals surface area contributed by atoms with Crippen LogP contribution < -0.4 is 4.72 Å². The van der Waals surface area contributed by atoms with Crippen molar-refractivity contribution in [3.63, 3.8) is 0 Å². The predicted molar refractivity (Wildman–Crippen MR) is 83.6 cm³/mol. The predicted octanol–water partition coefficient (Wildman–Crippen LogP) is 1.08. The van der Waals surface area contributed by atoms with E-state index in [0.29, 0.717) is 24.4 Å².